The van der Waals surface area contributed by atoms with E-state index in [9.17, 15) is 0 Å². The lowest BCUT2D eigenvalue weighted by Gasteiger charge is -2.19. The molecule has 1 rings (SSSR count). The van der Waals surface area contributed by atoms with Crippen molar-refractivity contribution < 1.29 is 4.84 Å². The molecule has 0 aliphatic rings. The normalized spacial score (nSPS) is 13.2. The third-order valence-electron chi connectivity index (χ3n) is 2.27. The highest BCUT2D eigenvalue weighted by molar-refractivity contribution is 5.23. The average molecular weight is 194 g/mol. The highest BCUT2D eigenvalue weighted by Crippen LogP contribution is 2.12. The fourth-order valence-corrected chi connectivity index (χ4v) is 1.27. The fourth-order valence-electron chi connectivity index (χ4n) is 1.27. The van der Waals surface area contributed by atoms with Gasteiger partial charge in [-0.25, -0.2) is 0 Å². The minimum absolute atomic E-state index is 0.000509. The van der Waals surface area contributed by atoms with Crippen molar-refractivity contribution in [3.8, 4) is 0 Å². The number of nitrogens with two attached hydrogens (primary N) is 1. The summed E-state index contributed by atoms with van der Waals surface area (Å²) in [6.07, 6.45) is 0. The van der Waals surface area contributed by atoms with Crippen molar-refractivity contribution in [2.75, 3.05) is 20.7 Å². The van der Waals surface area contributed by atoms with E-state index < -0.39 is 0 Å². The molecule has 0 aromatic heterocycles. The molecule has 3 nitrogen and oxygen atoms in total. The maximum absolute atomic E-state index is 6.00. The van der Waals surface area contributed by atoms with E-state index in [2.05, 4.69) is 31.2 Å². The van der Waals surface area contributed by atoms with Gasteiger partial charge >= 0.3 is 0 Å². The Morgan fingerprint density at radius 2 is 1.93 bits per heavy atom. The van der Waals surface area contributed by atoms with E-state index in [1.54, 1.807) is 12.2 Å². The first kappa shape index (κ1) is 11.2. The van der Waals surface area contributed by atoms with Crippen LogP contribution in [0.5, 0.6) is 0 Å². The van der Waals surface area contributed by atoms with Crippen LogP contribution in [-0.4, -0.2) is 25.8 Å². The number of likely N-dealkylation sites (N-methyl/N-ethyl adjacent to an activating group) is 1. The zero-order valence-electron chi connectivity index (χ0n) is 9.03. The van der Waals surface area contributed by atoms with Crippen LogP contribution >= 0.6 is 0 Å². The van der Waals surface area contributed by atoms with Crippen molar-refractivity contribution in [3.63, 3.8) is 0 Å². The second-order valence-corrected chi connectivity index (χ2v) is 3.51. The van der Waals surface area contributed by atoms with Crippen LogP contribution in [0.25, 0.3) is 0 Å². The van der Waals surface area contributed by atoms with Crippen LogP contribution in [0.4, 0.5) is 0 Å². The van der Waals surface area contributed by atoms with Crippen LogP contribution in [-0.2, 0) is 4.84 Å². The van der Waals surface area contributed by atoms with Gasteiger partial charge in [-0.05, 0) is 12.5 Å². The van der Waals surface area contributed by atoms with Crippen LogP contribution in [0.1, 0.15) is 17.2 Å². The third kappa shape index (κ3) is 3.10. The van der Waals surface area contributed by atoms with Gasteiger partial charge in [-0.15, -0.1) is 0 Å². The minimum atomic E-state index is 0.000509. The Labute approximate surface area is 85.4 Å². The molecule has 14 heavy (non-hydrogen) atoms. The Bertz CT molecular complexity index is 271. The standard InChI is InChI=1S/C11H18N2O/c1-9-4-6-10(7-5-9)11(12)8-13(2)14-3/h4-7,11H,8,12H2,1-3H3. The van der Waals surface area contributed by atoms with Gasteiger partial charge in [0, 0.05) is 19.6 Å². The molecule has 0 spiro atoms. The van der Waals surface area contributed by atoms with Gasteiger partial charge in [0.05, 0.1) is 7.11 Å². The number of hydrogen-bond acceptors (Lipinski definition) is 3. The summed E-state index contributed by atoms with van der Waals surface area (Å²) >= 11 is 0. The lowest BCUT2D eigenvalue weighted by atomic mass is 10.1. The summed E-state index contributed by atoms with van der Waals surface area (Å²) in [5.74, 6) is 0. The van der Waals surface area contributed by atoms with Crippen molar-refractivity contribution in [3.05, 3.63) is 35.4 Å². The van der Waals surface area contributed by atoms with Crippen LogP contribution in [0, 0.1) is 6.92 Å². The summed E-state index contributed by atoms with van der Waals surface area (Å²) in [6.45, 7) is 2.76. The summed E-state index contributed by atoms with van der Waals surface area (Å²) in [4.78, 5) is 5.02. The first-order valence-electron chi connectivity index (χ1n) is 4.71. The van der Waals surface area contributed by atoms with Gasteiger partial charge < -0.3 is 10.6 Å². The molecule has 0 fully saturated rings. The largest absolute Gasteiger partial charge is 0.323 e. The molecule has 2 N–H and O–H groups in total. The van der Waals surface area contributed by atoms with Crippen LogP contribution in [0.2, 0.25) is 0 Å². The molecule has 0 saturated heterocycles. The second kappa shape index (κ2) is 5.10. The smallest absolute Gasteiger partial charge is 0.0575 e. The number of nitrogens with zero attached hydrogens (tertiary/aromatic N) is 1. The van der Waals surface area contributed by atoms with Crippen LogP contribution in [0.3, 0.4) is 0 Å². The van der Waals surface area contributed by atoms with Gasteiger partial charge in [0.1, 0.15) is 0 Å². The number of hydrogen-bond donors (Lipinski definition) is 1. The molecule has 3 heteroatoms. The first-order chi connectivity index (χ1) is 6.63. The monoisotopic (exact) mass is 194 g/mol. The molecule has 0 amide bonds. The van der Waals surface area contributed by atoms with E-state index in [0.29, 0.717) is 6.54 Å². The fraction of sp³-hybridized carbons (Fsp3) is 0.455. The quantitative estimate of drug-likeness (QED) is 0.738. The number of benzene rings is 1. The maximum Gasteiger partial charge on any atom is 0.0575 e. The first-order valence-corrected chi connectivity index (χ1v) is 4.71. The van der Waals surface area contributed by atoms with Crippen molar-refractivity contribution >= 4 is 0 Å². The molecule has 0 bridgehead atoms. The lowest BCUT2D eigenvalue weighted by molar-refractivity contribution is -0.112. The number of aryl methyl sites for hydroxylation is 1. The molecule has 1 aromatic rings. The molecule has 1 aromatic carbocycles. The summed E-state index contributed by atoms with van der Waals surface area (Å²) in [5.41, 5.74) is 8.39. The Morgan fingerprint density at radius 1 is 1.36 bits per heavy atom. The number of rotatable bonds is 4. The van der Waals surface area contributed by atoms with Crippen molar-refractivity contribution in [1.29, 1.82) is 0 Å². The Hall–Kier alpha value is -0.900. The van der Waals surface area contributed by atoms with Gasteiger partial charge in [0.2, 0.25) is 0 Å². The third-order valence-corrected chi connectivity index (χ3v) is 2.27. The van der Waals surface area contributed by atoms with Gasteiger partial charge in [0.15, 0.2) is 0 Å². The van der Waals surface area contributed by atoms with Gasteiger partial charge in [0.25, 0.3) is 0 Å². The van der Waals surface area contributed by atoms with E-state index in [1.165, 1.54) is 5.56 Å². The van der Waals surface area contributed by atoms with Crippen molar-refractivity contribution in [1.82, 2.24) is 5.06 Å². The van der Waals surface area contributed by atoms with Gasteiger partial charge in [-0.1, -0.05) is 29.8 Å². The zero-order chi connectivity index (χ0) is 10.6. The molecular formula is C11H18N2O. The lowest BCUT2D eigenvalue weighted by Crippen LogP contribution is -2.28. The predicted molar refractivity (Wildman–Crippen MR) is 57.7 cm³/mol. The molecule has 0 aliphatic carbocycles. The maximum atomic E-state index is 6.00. The van der Waals surface area contributed by atoms with Crippen LogP contribution in [0.15, 0.2) is 24.3 Å². The molecule has 0 saturated carbocycles. The molecular weight excluding hydrogens is 176 g/mol. The van der Waals surface area contributed by atoms with E-state index in [0.717, 1.165) is 5.56 Å². The second-order valence-electron chi connectivity index (χ2n) is 3.51. The molecule has 1 unspecified atom stereocenters. The zero-order valence-corrected chi connectivity index (χ0v) is 9.03. The SMILES string of the molecule is CON(C)CC(N)c1ccc(C)cc1. The van der Waals surface area contributed by atoms with E-state index >= 15 is 0 Å². The van der Waals surface area contributed by atoms with Crippen LogP contribution < -0.4 is 5.73 Å². The van der Waals surface area contributed by atoms with E-state index in [1.807, 2.05) is 7.05 Å². The summed E-state index contributed by atoms with van der Waals surface area (Å²) in [7, 11) is 3.51. The Balaban J connectivity index is 2.60. The highest BCUT2D eigenvalue weighted by atomic mass is 16.7. The van der Waals surface area contributed by atoms with Crippen molar-refractivity contribution in [2.45, 2.75) is 13.0 Å². The predicted octanol–water partition coefficient (Wildman–Crippen LogP) is 1.49. The topological polar surface area (TPSA) is 38.5 Å². The Kier molecular flexibility index (Phi) is 4.07. The molecule has 1 atom stereocenters. The average Bonchev–Trinajstić information content (AvgIpc) is 2.18. The molecule has 0 heterocycles. The van der Waals surface area contributed by atoms with Gasteiger partial charge in [-0.2, -0.15) is 5.06 Å². The molecule has 0 aliphatic heterocycles. The highest BCUT2D eigenvalue weighted by Gasteiger charge is 2.08. The summed E-state index contributed by atoms with van der Waals surface area (Å²) < 4.78 is 0. The van der Waals surface area contributed by atoms with E-state index in [4.69, 9.17) is 10.6 Å². The molecule has 78 valence electrons. The molecule has 0 radical (unpaired) electrons. The van der Waals surface area contributed by atoms with E-state index in [-0.39, 0.29) is 6.04 Å². The summed E-state index contributed by atoms with van der Waals surface area (Å²) in [6, 6.07) is 8.26. The Morgan fingerprint density at radius 3 is 2.43 bits per heavy atom. The van der Waals surface area contributed by atoms with Gasteiger partial charge in [-0.3, -0.25) is 0 Å². The van der Waals surface area contributed by atoms with Crippen molar-refractivity contribution in [2.24, 2.45) is 5.73 Å². The number of hydroxylamine groups is 2. The summed E-state index contributed by atoms with van der Waals surface area (Å²) in [5, 5.41) is 1.73. The minimum Gasteiger partial charge on any atom is -0.323 e.